The second-order valence-corrected chi connectivity index (χ2v) is 12.3. The largest absolute Gasteiger partial charge is 0.349 e. The normalized spacial score (nSPS) is 22.8. The number of nitriles is 2. The molecule has 0 atom stereocenters. The molecule has 1 heterocycles. The van der Waals surface area contributed by atoms with E-state index in [0.717, 1.165) is 17.2 Å². The van der Waals surface area contributed by atoms with Gasteiger partial charge in [0.2, 0.25) is 0 Å². The van der Waals surface area contributed by atoms with E-state index in [-0.39, 0.29) is 0 Å². The van der Waals surface area contributed by atoms with Crippen LogP contribution in [0.25, 0.3) is 0 Å². The van der Waals surface area contributed by atoms with Crippen molar-refractivity contribution >= 4 is 11.6 Å². The highest BCUT2D eigenvalue weighted by Crippen LogP contribution is 2.41. The number of hydrogen-bond donors (Lipinski definition) is 0. The van der Waals surface area contributed by atoms with Crippen molar-refractivity contribution in [3.8, 4) is 12.1 Å². The second kappa shape index (κ2) is 12.5. The van der Waals surface area contributed by atoms with E-state index in [1.165, 1.54) is 128 Å². The molecule has 1 aromatic rings. The van der Waals surface area contributed by atoms with Crippen LogP contribution in [0.3, 0.4) is 0 Å². The van der Waals surface area contributed by atoms with Crippen LogP contribution in [0.2, 0.25) is 0 Å². The standard InChI is InChI=1S/C32H47N5/c1-24-29(22-33)31(36(25-14-6-2-7-15-25)26-16-8-3-9-17-26)35-32(30(24)23-34)37(27-18-10-4-11-19-27)28-20-12-5-13-21-28/h25-28H,2-21H2,1H3. The Morgan fingerprint density at radius 1 is 0.514 bits per heavy atom. The summed E-state index contributed by atoms with van der Waals surface area (Å²) >= 11 is 0. The monoisotopic (exact) mass is 501 g/mol. The van der Waals surface area contributed by atoms with Crippen molar-refractivity contribution in [3.05, 3.63) is 16.7 Å². The molecule has 200 valence electrons. The van der Waals surface area contributed by atoms with Crippen LogP contribution in [-0.2, 0) is 0 Å². The Morgan fingerprint density at radius 3 is 1.03 bits per heavy atom. The highest BCUT2D eigenvalue weighted by atomic mass is 15.3. The predicted octanol–water partition coefficient (Wildman–Crippen LogP) is 8.08. The number of anilines is 2. The van der Waals surface area contributed by atoms with Crippen LogP contribution in [0.4, 0.5) is 11.6 Å². The zero-order chi connectivity index (χ0) is 25.6. The maximum atomic E-state index is 10.5. The molecule has 5 rings (SSSR count). The molecule has 0 amide bonds. The van der Waals surface area contributed by atoms with Crippen LogP contribution in [-0.4, -0.2) is 29.2 Å². The Hall–Kier alpha value is -2.27. The molecule has 0 aromatic carbocycles. The molecule has 0 N–H and O–H groups in total. The maximum Gasteiger partial charge on any atom is 0.149 e. The van der Waals surface area contributed by atoms with Gasteiger partial charge in [-0.3, -0.25) is 0 Å². The molecule has 37 heavy (non-hydrogen) atoms. The first kappa shape index (κ1) is 26.3. The van der Waals surface area contributed by atoms with Crippen molar-refractivity contribution in [2.75, 3.05) is 9.80 Å². The van der Waals surface area contributed by atoms with E-state index in [0.29, 0.717) is 35.3 Å². The highest BCUT2D eigenvalue weighted by Gasteiger charge is 2.37. The molecule has 5 heteroatoms. The van der Waals surface area contributed by atoms with Crippen LogP contribution in [0, 0.1) is 29.6 Å². The average Bonchev–Trinajstić information content (AvgIpc) is 2.96. The SMILES string of the molecule is Cc1c(C#N)c(N(C2CCCCC2)C2CCCCC2)nc(N(C2CCCCC2)C2CCCCC2)c1C#N. The molecule has 0 radical (unpaired) electrons. The number of aromatic nitrogens is 1. The van der Waals surface area contributed by atoms with Gasteiger partial charge in [-0.15, -0.1) is 0 Å². The number of nitrogens with zero attached hydrogens (tertiary/aromatic N) is 5. The summed E-state index contributed by atoms with van der Waals surface area (Å²) in [6, 6.07) is 6.97. The number of pyridine rings is 1. The highest BCUT2D eigenvalue weighted by molar-refractivity contribution is 5.71. The fourth-order valence-electron chi connectivity index (χ4n) is 8.04. The maximum absolute atomic E-state index is 10.5. The third-order valence-corrected chi connectivity index (χ3v) is 9.99. The van der Waals surface area contributed by atoms with Crippen molar-refractivity contribution < 1.29 is 0 Å². The molecule has 4 saturated carbocycles. The van der Waals surface area contributed by atoms with Gasteiger partial charge in [0.1, 0.15) is 23.8 Å². The van der Waals surface area contributed by atoms with Crippen molar-refractivity contribution in [1.82, 2.24) is 4.98 Å². The third-order valence-electron chi connectivity index (χ3n) is 9.99. The fraction of sp³-hybridized carbons (Fsp3) is 0.781. The minimum atomic E-state index is 0.467. The first-order valence-corrected chi connectivity index (χ1v) is 15.6. The van der Waals surface area contributed by atoms with Crippen molar-refractivity contribution in [2.24, 2.45) is 0 Å². The summed E-state index contributed by atoms with van der Waals surface area (Å²) < 4.78 is 0. The van der Waals surface area contributed by atoms with Crippen molar-refractivity contribution in [3.63, 3.8) is 0 Å². The Morgan fingerprint density at radius 2 is 0.784 bits per heavy atom. The molecular weight excluding hydrogens is 454 g/mol. The van der Waals surface area contributed by atoms with Crippen LogP contribution < -0.4 is 9.80 Å². The van der Waals surface area contributed by atoms with Gasteiger partial charge < -0.3 is 9.80 Å². The van der Waals surface area contributed by atoms with Gasteiger partial charge in [-0.2, -0.15) is 10.5 Å². The molecule has 4 aliphatic carbocycles. The molecule has 5 nitrogen and oxygen atoms in total. The van der Waals surface area contributed by atoms with Gasteiger partial charge in [0.15, 0.2) is 0 Å². The van der Waals surface area contributed by atoms with Crippen LogP contribution in [0.5, 0.6) is 0 Å². The minimum absolute atomic E-state index is 0.467. The summed E-state index contributed by atoms with van der Waals surface area (Å²) in [6.45, 7) is 2.02. The summed E-state index contributed by atoms with van der Waals surface area (Å²) in [5.74, 6) is 1.81. The van der Waals surface area contributed by atoms with E-state index < -0.39 is 0 Å². The van der Waals surface area contributed by atoms with E-state index in [9.17, 15) is 10.5 Å². The fourth-order valence-corrected chi connectivity index (χ4v) is 8.04. The molecular formula is C32H47N5. The summed E-state index contributed by atoms with van der Waals surface area (Å²) in [4.78, 5) is 10.7. The molecule has 0 spiro atoms. The molecule has 0 aliphatic heterocycles. The third kappa shape index (κ3) is 5.62. The minimum Gasteiger partial charge on any atom is -0.349 e. The Kier molecular flexibility index (Phi) is 8.91. The smallest absolute Gasteiger partial charge is 0.149 e. The summed E-state index contributed by atoms with van der Waals surface area (Å²) in [6.07, 6.45) is 25.1. The van der Waals surface area contributed by atoms with Gasteiger partial charge in [0.05, 0.1) is 11.1 Å². The topological polar surface area (TPSA) is 67.0 Å². The van der Waals surface area contributed by atoms with Crippen LogP contribution in [0.15, 0.2) is 0 Å². The lowest BCUT2D eigenvalue weighted by Crippen LogP contribution is -2.48. The van der Waals surface area contributed by atoms with E-state index in [1.54, 1.807) is 0 Å². The number of hydrogen-bond acceptors (Lipinski definition) is 5. The second-order valence-electron chi connectivity index (χ2n) is 12.3. The summed E-state index contributed by atoms with van der Waals surface area (Å²) in [5.41, 5.74) is 2.17. The van der Waals surface area contributed by atoms with Crippen molar-refractivity contribution in [1.29, 1.82) is 10.5 Å². The zero-order valence-electron chi connectivity index (χ0n) is 23.2. The van der Waals surface area contributed by atoms with Crippen molar-refractivity contribution in [2.45, 2.75) is 160 Å². The molecule has 0 saturated heterocycles. The van der Waals surface area contributed by atoms with E-state index in [1.807, 2.05) is 6.92 Å². The quantitative estimate of drug-likeness (QED) is 0.394. The van der Waals surface area contributed by atoms with Gasteiger partial charge >= 0.3 is 0 Å². The van der Waals surface area contributed by atoms with Gasteiger partial charge in [-0.25, -0.2) is 4.98 Å². The van der Waals surface area contributed by atoms with Gasteiger partial charge in [-0.05, 0) is 63.9 Å². The molecule has 4 aliphatic rings. The lowest BCUT2D eigenvalue weighted by Gasteiger charge is -2.45. The predicted molar refractivity (Wildman–Crippen MR) is 151 cm³/mol. The molecule has 0 bridgehead atoms. The summed E-state index contributed by atoms with van der Waals surface area (Å²) in [7, 11) is 0. The molecule has 4 fully saturated rings. The first-order valence-electron chi connectivity index (χ1n) is 15.6. The lowest BCUT2D eigenvalue weighted by atomic mass is 9.87. The Balaban J connectivity index is 1.65. The Labute approximate surface area is 225 Å². The van der Waals surface area contributed by atoms with Crippen LogP contribution >= 0.6 is 0 Å². The average molecular weight is 502 g/mol. The first-order chi connectivity index (χ1) is 18.2. The van der Waals surface area contributed by atoms with Gasteiger partial charge in [0.25, 0.3) is 0 Å². The van der Waals surface area contributed by atoms with E-state index >= 15 is 0 Å². The molecule has 0 unspecified atom stereocenters. The number of rotatable bonds is 6. The van der Waals surface area contributed by atoms with Crippen LogP contribution in [0.1, 0.15) is 145 Å². The Bertz CT molecular complexity index is 868. The molecule has 1 aromatic heterocycles. The van der Waals surface area contributed by atoms with E-state index in [2.05, 4.69) is 21.9 Å². The van der Waals surface area contributed by atoms with Gasteiger partial charge in [-0.1, -0.05) is 77.0 Å². The lowest BCUT2D eigenvalue weighted by molar-refractivity contribution is 0.333. The zero-order valence-corrected chi connectivity index (χ0v) is 23.2. The van der Waals surface area contributed by atoms with E-state index in [4.69, 9.17) is 4.98 Å². The van der Waals surface area contributed by atoms with Gasteiger partial charge in [0, 0.05) is 24.2 Å². The summed E-state index contributed by atoms with van der Waals surface area (Å²) in [5, 5.41) is 20.9.